The van der Waals surface area contributed by atoms with Gasteiger partial charge in [0, 0.05) is 29.9 Å². The highest BCUT2D eigenvalue weighted by Gasteiger charge is 2.46. The van der Waals surface area contributed by atoms with Crippen LogP contribution in [0.15, 0.2) is 12.1 Å². The van der Waals surface area contributed by atoms with E-state index in [1.807, 2.05) is 12.1 Å². The van der Waals surface area contributed by atoms with Gasteiger partial charge in [0.25, 0.3) is 0 Å². The lowest BCUT2D eigenvalue weighted by Gasteiger charge is -2.48. The van der Waals surface area contributed by atoms with Crippen LogP contribution in [0.5, 0.6) is 5.75 Å². The zero-order chi connectivity index (χ0) is 27.9. The first-order chi connectivity index (χ1) is 16.1. The van der Waals surface area contributed by atoms with Crippen LogP contribution in [-0.2, 0) is 31.6 Å². The molecule has 1 aliphatic rings. The largest absolute Gasteiger partial charge is 0.461 e. The quantitative estimate of drug-likeness (QED) is 0.309. The predicted octanol–water partition coefficient (Wildman–Crippen LogP) is 8.17. The highest BCUT2D eigenvalue weighted by Crippen LogP contribution is 2.48. The van der Waals surface area contributed by atoms with Crippen LogP contribution in [0.2, 0.25) is 0 Å². The second-order valence-corrected chi connectivity index (χ2v) is 15.1. The van der Waals surface area contributed by atoms with Gasteiger partial charge in [0.2, 0.25) is 0 Å². The summed E-state index contributed by atoms with van der Waals surface area (Å²) < 4.78 is 12.2. The van der Waals surface area contributed by atoms with E-state index in [2.05, 4.69) is 83.1 Å². The van der Waals surface area contributed by atoms with Crippen molar-refractivity contribution < 1.29 is 19.1 Å². The summed E-state index contributed by atoms with van der Waals surface area (Å²) in [6.45, 7) is 27.7. The minimum atomic E-state index is -0.336. The van der Waals surface area contributed by atoms with Gasteiger partial charge < -0.3 is 9.47 Å². The summed E-state index contributed by atoms with van der Waals surface area (Å²) in [6, 6.07) is 4.05. The molecule has 0 aromatic heterocycles. The van der Waals surface area contributed by atoms with Crippen molar-refractivity contribution in [2.75, 3.05) is 0 Å². The van der Waals surface area contributed by atoms with Gasteiger partial charge in [0.15, 0.2) is 0 Å². The summed E-state index contributed by atoms with van der Waals surface area (Å²) in [5.41, 5.74) is 2.39. The van der Waals surface area contributed by atoms with Crippen LogP contribution in [-0.4, -0.2) is 18.0 Å². The first kappa shape index (κ1) is 30.4. The Balaban J connectivity index is 2.49. The number of hydrogen-bond acceptors (Lipinski definition) is 4. The molecular formula is C32H52O4. The molecule has 2 unspecified atom stereocenters. The number of hydrogen-bond donors (Lipinski definition) is 0. The minimum Gasteiger partial charge on any atom is -0.461 e. The van der Waals surface area contributed by atoms with Crippen molar-refractivity contribution in [1.29, 1.82) is 0 Å². The normalized spacial score (nSPS) is 21.8. The number of carbonyl (C=O) groups excluding carboxylic acids is 2. The monoisotopic (exact) mass is 500 g/mol. The fraction of sp³-hybridized carbons (Fsp3) is 0.750. The summed E-state index contributed by atoms with van der Waals surface area (Å²) in [4.78, 5) is 25.5. The standard InChI is InChI=1S/C32H52O4/c1-20(33)35-28-24(31(8,9)10)17-21(18-25(28)32(11,12)13)19-26(34)36-27-22(29(2,3)4)15-14-16-23(27)30(5,6)7/h17-18,22-23,27H,14-16,19H2,1-13H3. The molecule has 204 valence electrons. The third kappa shape index (κ3) is 7.59. The lowest BCUT2D eigenvalue weighted by atomic mass is 9.61. The highest BCUT2D eigenvalue weighted by atomic mass is 16.5. The molecule has 0 aliphatic heterocycles. The van der Waals surface area contributed by atoms with Crippen molar-refractivity contribution in [3.05, 3.63) is 28.8 Å². The molecule has 36 heavy (non-hydrogen) atoms. The molecule has 4 nitrogen and oxygen atoms in total. The van der Waals surface area contributed by atoms with Crippen molar-refractivity contribution in [2.45, 2.75) is 133 Å². The Hall–Kier alpha value is -1.84. The van der Waals surface area contributed by atoms with Gasteiger partial charge in [-0.1, -0.05) is 102 Å². The molecular weight excluding hydrogens is 448 g/mol. The SMILES string of the molecule is CC(=O)Oc1c(C(C)(C)C)cc(CC(=O)OC2C(C(C)(C)C)CCCC2C(C)(C)C)cc1C(C)(C)C. The van der Waals surface area contributed by atoms with Crippen LogP contribution in [0, 0.1) is 22.7 Å². The lowest BCUT2D eigenvalue weighted by Crippen LogP contribution is -2.47. The fourth-order valence-electron chi connectivity index (χ4n) is 5.70. The summed E-state index contributed by atoms with van der Waals surface area (Å²) in [7, 11) is 0. The van der Waals surface area contributed by atoms with Crippen molar-refractivity contribution in [1.82, 2.24) is 0 Å². The van der Waals surface area contributed by atoms with Crippen LogP contribution in [0.1, 0.15) is 126 Å². The molecule has 4 heteroatoms. The molecule has 1 aliphatic carbocycles. The maximum absolute atomic E-state index is 13.5. The smallest absolute Gasteiger partial charge is 0.310 e. The van der Waals surface area contributed by atoms with Gasteiger partial charge in [-0.2, -0.15) is 0 Å². The highest BCUT2D eigenvalue weighted by molar-refractivity contribution is 5.75. The minimum absolute atomic E-state index is 0.0688. The zero-order valence-electron chi connectivity index (χ0n) is 25.3. The van der Waals surface area contributed by atoms with Gasteiger partial charge in [-0.25, -0.2) is 0 Å². The van der Waals surface area contributed by atoms with Gasteiger partial charge >= 0.3 is 11.9 Å². The second-order valence-electron chi connectivity index (χ2n) is 15.1. The molecule has 1 aromatic rings. The van der Waals surface area contributed by atoms with Gasteiger partial charge in [-0.05, 0) is 40.1 Å². The maximum atomic E-state index is 13.5. The lowest BCUT2D eigenvalue weighted by molar-refractivity contribution is -0.166. The predicted molar refractivity (Wildman–Crippen MR) is 148 cm³/mol. The van der Waals surface area contributed by atoms with Crippen molar-refractivity contribution in [2.24, 2.45) is 22.7 Å². The van der Waals surface area contributed by atoms with E-state index < -0.39 is 0 Å². The van der Waals surface area contributed by atoms with Crippen LogP contribution in [0.3, 0.4) is 0 Å². The Morgan fingerprint density at radius 1 is 0.778 bits per heavy atom. The third-order valence-corrected chi connectivity index (χ3v) is 7.67. The number of ether oxygens (including phenoxy) is 2. The van der Waals surface area contributed by atoms with Gasteiger partial charge in [0.05, 0.1) is 6.42 Å². The van der Waals surface area contributed by atoms with E-state index in [0.29, 0.717) is 17.6 Å². The van der Waals surface area contributed by atoms with Crippen LogP contribution >= 0.6 is 0 Å². The molecule has 0 spiro atoms. The Kier molecular flexibility index (Phi) is 8.86. The summed E-state index contributed by atoms with van der Waals surface area (Å²) in [5, 5.41) is 0. The summed E-state index contributed by atoms with van der Waals surface area (Å²) >= 11 is 0. The summed E-state index contributed by atoms with van der Waals surface area (Å²) in [6.07, 6.45) is 3.48. The number of rotatable bonds is 4. The van der Waals surface area contributed by atoms with Crippen molar-refractivity contribution in [3.8, 4) is 5.75 Å². The second kappa shape index (κ2) is 10.5. The Bertz CT molecular complexity index is 887. The van der Waals surface area contributed by atoms with Gasteiger partial charge in [-0.3, -0.25) is 9.59 Å². The third-order valence-electron chi connectivity index (χ3n) is 7.67. The fourth-order valence-corrected chi connectivity index (χ4v) is 5.70. The number of benzene rings is 1. The van der Waals surface area contributed by atoms with Crippen LogP contribution in [0.25, 0.3) is 0 Å². The first-order valence-electron chi connectivity index (χ1n) is 13.7. The molecule has 1 fully saturated rings. The Labute approximate surface area is 220 Å². The topological polar surface area (TPSA) is 52.6 Å². The maximum Gasteiger partial charge on any atom is 0.310 e. The summed E-state index contributed by atoms with van der Waals surface area (Å²) in [5.74, 6) is 0.775. The van der Waals surface area contributed by atoms with Crippen molar-refractivity contribution in [3.63, 3.8) is 0 Å². The number of carbonyl (C=O) groups is 2. The van der Waals surface area contributed by atoms with Gasteiger partial charge in [0.1, 0.15) is 11.9 Å². The van der Waals surface area contributed by atoms with E-state index in [-0.39, 0.29) is 46.1 Å². The molecule has 1 aromatic carbocycles. The molecule has 0 heterocycles. The van der Waals surface area contributed by atoms with Gasteiger partial charge in [-0.15, -0.1) is 0 Å². The molecule has 0 radical (unpaired) electrons. The van der Waals surface area contributed by atoms with Crippen LogP contribution in [0.4, 0.5) is 0 Å². The van der Waals surface area contributed by atoms with E-state index in [4.69, 9.17) is 9.47 Å². The molecule has 0 amide bonds. The number of esters is 2. The average molecular weight is 501 g/mol. The Morgan fingerprint density at radius 2 is 1.19 bits per heavy atom. The Morgan fingerprint density at radius 3 is 1.53 bits per heavy atom. The van der Waals surface area contributed by atoms with E-state index in [9.17, 15) is 9.59 Å². The van der Waals surface area contributed by atoms with E-state index in [1.165, 1.54) is 13.3 Å². The molecule has 2 atom stereocenters. The molecule has 2 rings (SSSR count). The van der Waals surface area contributed by atoms with E-state index in [1.54, 1.807) is 0 Å². The molecule has 0 bridgehead atoms. The average Bonchev–Trinajstić information content (AvgIpc) is 2.65. The van der Waals surface area contributed by atoms with E-state index >= 15 is 0 Å². The van der Waals surface area contributed by atoms with Crippen molar-refractivity contribution >= 4 is 11.9 Å². The molecule has 1 saturated carbocycles. The molecule has 0 N–H and O–H groups in total. The molecule has 0 saturated heterocycles. The zero-order valence-corrected chi connectivity index (χ0v) is 25.3. The van der Waals surface area contributed by atoms with E-state index in [0.717, 1.165) is 29.5 Å². The first-order valence-corrected chi connectivity index (χ1v) is 13.7. The van der Waals surface area contributed by atoms with Crippen LogP contribution < -0.4 is 4.74 Å².